The molecule has 100 valence electrons. The predicted octanol–water partition coefficient (Wildman–Crippen LogP) is 3.97. The van der Waals surface area contributed by atoms with Gasteiger partial charge in [-0.2, -0.15) is 0 Å². The predicted molar refractivity (Wildman–Crippen MR) is 73.5 cm³/mol. The first-order valence-corrected chi connectivity index (χ1v) is 6.65. The zero-order valence-electron chi connectivity index (χ0n) is 10.3. The first kappa shape index (κ1) is 14.1. The molecule has 0 aliphatic rings. The van der Waals surface area contributed by atoms with E-state index in [0.29, 0.717) is 12.1 Å². The van der Waals surface area contributed by atoms with Gasteiger partial charge >= 0.3 is 0 Å². The molecular weight excluding hydrogens is 314 g/mol. The van der Waals surface area contributed by atoms with E-state index in [4.69, 9.17) is 0 Å². The van der Waals surface area contributed by atoms with Crippen molar-refractivity contribution in [2.75, 3.05) is 0 Å². The van der Waals surface area contributed by atoms with Crippen LogP contribution < -0.4 is 5.32 Å². The number of aromatic nitrogens is 1. The zero-order chi connectivity index (χ0) is 13.8. The summed E-state index contributed by atoms with van der Waals surface area (Å²) in [6.45, 7) is 2.34. The summed E-state index contributed by atoms with van der Waals surface area (Å²) in [7, 11) is 0. The molecule has 1 aromatic heterocycles. The highest BCUT2D eigenvalue weighted by atomic mass is 79.9. The van der Waals surface area contributed by atoms with Crippen molar-refractivity contribution in [3.8, 4) is 0 Å². The first-order valence-electron chi connectivity index (χ1n) is 5.86. The lowest BCUT2D eigenvalue weighted by Gasteiger charge is -2.14. The number of benzene rings is 1. The Morgan fingerprint density at radius 2 is 2.05 bits per heavy atom. The van der Waals surface area contributed by atoms with Crippen molar-refractivity contribution in [2.24, 2.45) is 0 Å². The smallest absolute Gasteiger partial charge is 0.130 e. The van der Waals surface area contributed by atoms with Crippen molar-refractivity contribution < 1.29 is 8.78 Å². The summed E-state index contributed by atoms with van der Waals surface area (Å²) >= 11 is 3.29. The molecule has 2 aromatic rings. The van der Waals surface area contributed by atoms with E-state index in [2.05, 4.69) is 26.2 Å². The average molecular weight is 327 g/mol. The van der Waals surface area contributed by atoms with Crippen molar-refractivity contribution in [1.29, 1.82) is 0 Å². The lowest BCUT2D eigenvalue weighted by molar-refractivity contribution is 0.515. The summed E-state index contributed by atoms with van der Waals surface area (Å²) in [5.41, 5.74) is 1.29. The summed E-state index contributed by atoms with van der Waals surface area (Å²) in [6.07, 6.45) is 0. The van der Waals surface area contributed by atoms with Crippen LogP contribution in [0.4, 0.5) is 8.78 Å². The summed E-state index contributed by atoms with van der Waals surface area (Å²) in [5.74, 6) is -1.11. The summed E-state index contributed by atoms with van der Waals surface area (Å²) in [4.78, 5) is 4.28. The quantitative estimate of drug-likeness (QED) is 0.860. The number of nitrogens with zero attached hydrogens (tertiary/aromatic N) is 1. The van der Waals surface area contributed by atoms with Crippen LogP contribution in [0.25, 0.3) is 0 Å². The molecule has 1 N–H and O–H groups in total. The number of pyridine rings is 1. The maximum Gasteiger partial charge on any atom is 0.130 e. The van der Waals surface area contributed by atoms with Crippen LogP contribution in [0.15, 0.2) is 41.0 Å². The molecular formula is C14H13BrF2N2. The molecule has 0 aliphatic heterocycles. The monoisotopic (exact) mass is 326 g/mol. The molecule has 2 nitrogen and oxygen atoms in total. The summed E-state index contributed by atoms with van der Waals surface area (Å²) in [5, 5.41) is 3.16. The largest absolute Gasteiger partial charge is 0.304 e. The molecule has 1 aromatic carbocycles. The fourth-order valence-corrected chi connectivity index (χ4v) is 2.15. The summed E-state index contributed by atoms with van der Waals surface area (Å²) in [6, 6.07) is 8.99. The Hall–Kier alpha value is -1.33. The molecule has 0 bridgehead atoms. The number of rotatable bonds is 4. The van der Waals surface area contributed by atoms with Crippen LogP contribution >= 0.6 is 15.9 Å². The van der Waals surface area contributed by atoms with E-state index in [-0.39, 0.29) is 6.04 Å². The van der Waals surface area contributed by atoms with Gasteiger partial charge in [0.15, 0.2) is 0 Å². The molecule has 19 heavy (non-hydrogen) atoms. The highest BCUT2D eigenvalue weighted by Gasteiger charge is 2.11. The molecule has 0 fully saturated rings. The van der Waals surface area contributed by atoms with Crippen molar-refractivity contribution in [2.45, 2.75) is 19.5 Å². The number of hydrogen-bond donors (Lipinski definition) is 1. The van der Waals surface area contributed by atoms with Crippen LogP contribution in [0.2, 0.25) is 0 Å². The number of hydrogen-bond acceptors (Lipinski definition) is 2. The van der Waals surface area contributed by atoms with Gasteiger partial charge in [-0.1, -0.05) is 12.1 Å². The number of nitrogens with one attached hydrogen (secondary N) is 1. The van der Waals surface area contributed by atoms with Gasteiger partial charge in [0.25, 0.3) is 0 Å². The minimum Gasteiger partial charge on any atom is -0.304 e. The Kier molecular flexibility index (Phi) is 4.61. The van der Waals surface area contributed by atoms with Gasteiger partial charge in [0.05, 0.1) is 5.69 Å². The van der Waals surface area contributed by atoms with Crippen LogP contribution in [0.5, 0.6) is 0 Å². The van der Waals surface area contributed by atoms with E-state index < -0.39 is 11.6 Å². The van der Waals surface area contributed by atoms with Gasteiger partial charge in [0.2, 0.25) is 0 Å². The molecule has 2 rings (SSSR count). The second-order valence-corrected chi connectivity index (χ2v) is 5.03. The SMILES string of the molecule is CC(NCc1cccc(Br)n1)c1ccc(F)cc1F. The van der Waals surface area contributed by atoms with Crippen molar-refractivity contribution in [3.63, 3.8) is 0 Å². The molecule has 5 heteroatoms. The van der Waals surface area contributed by atoms with E-state index in [1.54, 1.807) is 0 Å². The van der Waals surface area contributed by atoms with Crippen LogP contribution in [0.1, 0.15) is 24.2 Å². The fraction of sp³-hybridized carbons (Fsp3) is 0.214. The van der Waals surface area contributed by atoms with Gasteiger partial charge in [0.1, 0.15) is 16.2 Å². The van der Waals surface area contributed by atoms with E-state index in [1.807, 2.05) is 25.1 Å². The third-order valence-corrected chi connectivity index (χ3v) is 3.23. The average Bonchev–Trinajstić information content (AvgIpc) is 2.36. The van der Waals surface area contributed by atoms with Gasteiger partial charge in [-0.05, 0) is 41.1 Å². The second kappa shape index (κ2) is 6.21. The van der Waals surface area contributed by atoms with Crippen LogP contribution in [-0.2, 0) is 6.54 Å². The molecule has 0 spiro atoms. The maximum atomic E-state index is 13.6. The standard InChI is InChI=1S/C14H13BrF2N2/c1-9(12-6-5-10(16)7-13(12)17)18-8-11-3-2-4-14(15)19-11/h2-7,9,18H,8H2,1H3. The Morgan fingerprint density at radius 1 is 1.26 bits per heavy atom. The molecule has 0 radical (unpaired) electrons. The molecule has 1 atom stereocenters. The highest BCUT2D eigenvalue weighted by Crippen LogP contribution is 2.18. The molecule has 0 saturated heterocycles. The van der Waals surface area contributed by atoms with Gasteiger partial charge in [-0.15, -0.1) is 0 Å². The lowest BCUT2D eigenvalue weighted by atomic mass is 10.1. The fourth-order valence-electron chi connectivity index (χ4n) is 1.77. The third-order valence-electron chi connectivity index (χ3n) is 2.79. The summed E-state index contributed by atoms with van der Waals surface area (Å²) < 4.78 is 27.2. The Bertz CT molecular complexity index is 575. The van der Waals surface area contributed by atoms with Crippen LogP contribution in [0, 0.1) is 11.6 Å². The van der Waals surface area contributed by atoms with Gasteiger partial charge < -0.3 is 5.32 Å². The normalized spacial score (nSPS) is 12.4. The van der Waals surface area contributed by atoms with Crippen molar-refractivity contribution >= 4 is 15.9 Å². The van der Waals surface area contributed by atoms with Crippen LogP contribution in [0.3, 0.4) is 0 Å². The maximum absolute atomic E-state index is 13.6. The second-order valence-electron chi connectivity index (χ2n) is 4.22. The van der Waals surface area contributed by atoms with Gasteiger partial charge in [0, 0.05) is 24.2 Å². The van der Waals surface area contributed by atoms with Gasteiger partial charge in [-0.25, -0.2) is 13.8 Å². The van der Waals surface area contributed by atoms with Crippen molar-refractivity contribution in [1.82, 2.24) is 10.3 Å². The zero-order valence-corrected chi connectivity index (χ0v) is 11.9. The number of halogens is 3. The Morgan fingerprint density at radius 3 is 2.74 bits per heavy atom. The molecule has 1 heterocycles. The molecule has 1 unspecified atom stereocenters. The van der Waals surface area contributed by atoms with E-state index in [0.717, 1.165) is 16.4 Å². The lowest BCUT2D eigenvalue weighted by Crippen LogP contribution is -2.19. The van der Waals surface area contributed by atoms with E-state index in [1.165, 1.54) is 12.1 Å². The van der Waals surface area contributed by atoms with Gasteiger partial charge in [-0.3, -0.25) is 0 Å². The van der Waals surface area contributed by atoms with E-state index >= 15 is 0 Å². The molecule has 0 saturated carbocycles. The topological polar surface area (TPSA) is 24.9 Å². The van der Waals surface area contributed by atoms with E-state index in [9.17, 15) is 8.78 Å². The molecule has 0 amide bonds. The Balaban J connectivity index is 2.03. The van der Waals surface area contributed by atoms with Crippen LogP contribution in [-0.4, -0.2) is 4.98 Å². The minimum atomic E-state index is -0.567. The molecule has 0 aliphatic carbocycles. The minimum absolute atomic E-state index is 0.221. The first-order chi connectivity index (χ1) is 9.06. The Labute approximate surface area is 119 Å². The third kappa shape index (κ3) is 3.81. The van der Waals surface area contributed by atoms with Crippen molar-refractivity contribution in [3.05, 3.63) is 63.9 Å². The highest BCUT2D eigenvalue weighted by molar-refractivity contribution is 9.10.